The number of primary amides is 1. The summed E-state index contributed by atoms with van der Waals surface area (Å²) in [7, 11) is 0. The Morgan fingerprint density at radius 1 is 1.23 bits per heavy atom. The first-order chi connectivity index (χ1) is 12.2. The second kappa shape index (κ2) is 8.16. The molecule has 0 aromatic carbocycles. The molecule has 4 N–H and O–H groups in total. The molecule has 5 unspecified atom stereocenters. The number of ketones is 1. The van der Waals surface area contributed by atoms with E-state index in [9.17, 15) is 19.2 Å². The van der Waals surface area contributed by atoms with Crippen LogP contribution in [-0.4, -0.2) is 64.5 Å². The maximum Gasteiger partial charge on any atom is 0.240 e. The summed E-state index contributed by atoms with van der Waals surface area (Å²) in [6, 6.07) is -1.50. The number of carbonyl (C=O) groups excluding carboxylic acids is 4. The molecule has 2 heterocycles. The molecule has 0 aliphatic carbocycles. The summed E-state index contributed by atoms with van der Waals surface area (Å²) in [6.07, 6.45) is 1.89. The third kappa shape index (κ3) is 3.90. The van der Waals surface area contributed by atoms with E-state index in [-0.39, 0.29) is 48.4 Å². The van der Waals surface area contributed by atoms with Gasteiger partial charge >= 0.3 is 0 Å². The largest absolute Gasteiger partial charge is 0.369 e. The fraction of sp³-hybridized carbons (Fsp3) is 0.778. The minimum atomic E-state index is -0.632. The molecule has 26 heavy (non-hydrogen) atoms. The Hall–Kier alpha value is -1.96. The molecule has 3 amide bonds. The molecular weight excluding hydrogens is 336 g/mol. The van der Waals surface area contributed by atoms with Gasteiger partial charge in [-0.2, -0.15) is 0 Å². The molecule has 8 nitrogen and oxygen atoms in total. The lowest BCUT2D eigenvalue weighted by atomic mass is 9.98. The van der Waals surface area contributed by atoms with Gasteiger partial charge in [0.2, 0.25) is 17.7 Å². The summed E-state index contributed by atoms with van der Waals surface area (Å²) >= 11 is 0. The van der Waals surface area contributed by atoms with Crippen molar-refractivity contribution in [2.24, 2.45) is 23.3 Å². The van der Waals surface area contributed by atoms with E-state index in [1.54, 1.807) is 16.7 Å². The Kier molecular flexibility index (Phi) is 6.39. The van der Waals surface area contributed by atoms with Crippen molar-refractivity contribution in [2.45, 2.75) is 64.6 Å². The van der Waals surface area contributed by atoms with E-state index in [0.29, 0.717) is 19.4 Å². The minimum absolute atomic E-state index is 0.0137. The quantitative estimate of drug-likeness (QED) is 0.636. The molecular formula is C18H30N4O4. The zero-order valence-electron chi connectivity index (χ0n) is 15.8. The zero-order chi connectivity index (χ0) is 19.6. The fourth-order valence-electron chi connectivity index (χ4n) is 3.71. The molecule has 0 bridgehead atoms. The van der Waals surface area contributed by atoms with Crippen LogP contribution in [0.4, 0.5) is 0 Å². The van der Waals surface area contributed by atoms with Gasteiger partial charge in [-0.15, -0.1) is 0 Å². The number of fused-ring (bicyclic) bond motifs is 1. The van der Waals surface area contributed by atoms with Crippen molar-refractivity contribution in [1.29, 1.82) is 0 Å². The number of Topliss-reactive ketones (excluding diaryl/α,β-unsaturated/α-hetero) is 1. The lowest BCUT2D eigenvalue weighted by Gasteiger charge is -2.28. The molecule has 0 aromatic heterocycles. The van der Waals surface area contributed by atoms with Gasteiger partial charge in [0.1, 0.15) is 6.04 Å². The molecule has 2 saturated heterocycles. The molecule has 146 valence electrons. The maximum absolute atomic E-state index is 12.7. The van der Waals surface area contributed by atoms with E-state index in [2.05, 4.69) is 0 Å². The normalized spacial score (nSPS) is 25.8. The first-order valence-electron chi connectivity index (χ1n) is 9.36. The predicted molar refractivity (Wildman–Crippen MR) is 95.6 cm³/mol. The standard InChI is InChI=1S/C18H30N4O4/c1-4-10(2)15(19)18(26)22-9-13(23)16-12(22)7-8-21(16)14(24)6-5-11(3)17(20)25/h10-12,15-16H,4-9,19H2,1-3H3,(H2,20,25). The summed E-state index contributed by atoms with van der Waals surface area (Å²) in [6.45, 7) is 6.02. The van der Waals surface area contributed by atoms with Gasteiger partial charge < -0.3 is 21.3 Å². The number of hydrogen-bond acceptors (Lipinski definition) is 5. The number of amides is 3. The van der Waals surface area contributed by atoms with E-state index in [0.717, 1.165) is 6.42 Å². The van der Waals surface area contributed by atoms with Crippen LogP contribution >= 0.6 is 0 Å². The number of nitrogens with two attached hydrogens (primary N) is 2. The van der Waals surface area contributed by atoms with Crippen LogP contribution in [0.1, 0.15) is 46.5 Å². The highest BCUT2D eigenvalue weighted by Gasteiger charge is 2.51. The number of likely N-dealkylation sites (tertiary alicyclic amines) is 2. The maximum atomic E-state index is 12.7. The van der Waals surface area contributed by atoms with Crippen LogP contribution in [0.15, 0.2) is 0 Å². The summed E-state index contributed by atoms with van der Waals surface area (Å²) in [5, 5.41) is 0. The van der Waals surface area contributed by atoms with E-state index < -0.39 is 18.0 Å². The Bertz CT molecular complexity index is 594. The summed E-state index contributed by atoms with van der Waals surface area (Å²) < 4.78 is 0. The lowest BCUT2D eigenvalue weighted by molar-refractivity contribution is -0.136. The van der Waals surface area contributed by atoms with Crippen molar-refractivity contribution in [1.82, 2.24) is 9.80 Å². The molecule has 0 aromatic rings. The summed E-state index contributed by atoms with van der Waals surface area (Å²) in [5.74, 6) is -1.29. The van der Waals surface area contributed by atoms with Crippen LogP contribution in [0.5, 0.6) is 0 Å². The Morgan fingerprint density at radius 3 is 2.46 bits per heavy atom. The summed E-state index contributed by atoms with van der Waals surface area (Å²) in [5.41, 5.74) is 11.3. The van der Waals surface area contributed by atoms with Gasteiger partial charge in [0.15, 0.2) is 5.78 Å². The van der Waals surface area contributed by atoms with Crippen molar-refractivity contribution in [3.63, 3.8) is 0 Å². The van der Waals surface area contributed by atoms with Gasteiger partial charge in [-0.3, -0.25) is 19.2 Å². The fourth-order valence-corrected chi connectivity index (χ4v) is 3.71. The Morgan fingerprint density at radius 2 is 1.88 bits per heavy atom. The highest BCUT2D eigenvalue weighted by Crippen LogP contribution is 2.31. The molecule has 8 heteroatoms. The zero-order valence-corrected chi connectivity index (χ0v) is 15.8. The number of carbonyl (C=O) groups is 4. The minimum Gasteiger partial charge on any atom is -0.369 e. The van der Waals surface area contributed by atoms with Crippen molar-refractivity contribution in [2.75, 3.05) is 13.1 Å². The van der Waals surface area contributed by atoms with Gasteiger partial charge in [0.05, 0.1) is 18.6 Å². The highest BCUT2D eigenvalue weighted by atomic mass is 16.2. The van der Waals surface area contributed by atoms with Gasteiger partial charge in [0.25, 0.3) is 0 Å². The second-order valence-electron chi connectivity index (χ2n) is 7.57. The molecule has 2 aliphatic rings. The molecule has 0 saturated carbocycles. The average molecular weight is 366 g/mol. The molecule has 2 rings (SSSR count). The molecule has 0 spiro atoms. The monoisotopic (exact) mass is 366 g/mol. The van der Waals surface area contributed by atoms with Crippen LogP contribution in [-0.2, 0) is 19.2 Å². The second-order valence-corrected chi connectivity index (χ2v) is 7.57. The third-order valence-corrected chi connectivity index (χ3v) is 5.84. The lowest BCUT2D eigenvalue weighted by Crippen LogP contribution is -2.50. The SMILES string of the molecule is CCC(C)C(N)C(=O)N1CC(=O)C2C1CCN2C(=O)CCC(C)C(N)=O. The first kappa shape index (κ1) is 20.4. The van der Waals surface area contributed by atoms with Crippen molar-refractivity contribution >= 4 is 23.5 Å². The predicted octanol–water partition coefficient (Wildman–Crippen LogP) is -0.358. The van der Waals surface area contributed by atoms with Gasteiger partial charge in [-0.25, -0.2) is 0 Å². The van der Waals surface area contributed by atoms with Crippen molar-refractivity contribution in [3.05, 3.63) is 0 Å². The van der Waals surface area contributed by atoms with Crippen molar-refractivity contribution in [3.8, 4) is 0 Å². The van der Waals surface area contributed by atoms with Crippen molar-refractivity contribution < 1.29 is 19.2 Å². The van der Waals surface area contributed by atoms with Gasteiger partial charge in [0, 0.05) is 18.9 Å². The third-order valence-electron chi connectivity index (χ3n) is 5.84. The molecule has 5 atom stereocenters. The smallest absolute Gasteiger partial charge is 0.240 e. The highest BCUT2D eigenvalue weighted by molar-refractivity contribution is 5.98. The van der Waals surface area contributed by atoms with E-state index in [1.165, 1.54) is 0 Å². The van der Waals surface area contributed by atoms with Gasteiger partial charge in [-0.05, 0) is 18.8 Å². The van der Waals surface area contributed by atoms with Crippen LogP contribution in [0.2, 0.25) is 0 Å². The topological polar surface area (TPSA) is 127 Å². The Labute approximate surface area is 154 Å². The van der Waals surface area contributed by atoms with E-state index in [1.807, 2.05) is 13.8 Å². The van der Waals surface area contributed by atoms with Crippen LogP contribution in [0.3, 0.4) is 0 Å². The van der Waals surface area contributed by atoms with E-state index >= 15 is 0 Å². The van der Waals surface area contributed by atoms with Gasteiger partial charge in [-0.1, -0.05) is 27.2 Å². The number of nitrogens with zero attached hydrogens (tertiary/aromatic N) is 2. The number of rotatable bonds is 7. The molecule has 0 radical (unpaired) electrons. The average Bonchev–Trinajstić information content (AvgIpc) is 3.18. The van der Waals surface area contributed by atoms with Crippen LogP contribution < -0.4 is 11.5 Å². The molecule has 2 fully saturated rings. The van der Waals surface area contributed by atoms with Crippen LogP contribution in [0, 0.1) is 11.8 Å². The summed E-state index contributed by atoms with van der Waals surface area (Å²) in [4.78, 5) is 51.9. The van der Waals surface area contributed by atoms with Crippen LogP contribution in [0.25, 0.3) is 0 Å². The van der Waals surface area contributed by atoms with E-state index in [4.69, 9.17) is 11.5 Å². The molecule has 2 aliphatic heterocycles. The first-order valence-corrected chi connectivity index (χ1v) is 9.36. The Balaban J connectivity index is 2.03. The number of hydrogen-bond donors (Lipinski definition) is 2.